The fourth-order valence-electron chi connectivity index (χ4n) is 1.38. The van der Waals surface area contributed by atoms with E-state index in [1.807, 2.05) is 0 Å². The molecule has 1 heterocycles. The van der Waals surface area contributed by atoms with E-state index in [1.54, 1.807) is 11.9 Å². The molecule has 1 saturated heterocycles. The molecule has 0 radical (unpaired) electrons. The highest BCUT2D eigenvalue weighted by Gasteiger charge is 2.33. The Hall–Kier alpha value is -0.610. The number of β-amino-alcohol motifs (C(OH)–C–C–N with tert-alkyl or cyclic N) is 1. The number of hydrogen-bond donors (Lipinski definition) is 1. The summed E-state index contributed by atoms with van der Waals surface area (Å²) in [7, 11) is 3.17. The van der Waals surface area contributed by atoms with E-state index in [1.165, 1.54) is 7.11 Å². The summed E-state index contributed by atoms with van der Waals surface area (Å²) in [5.41, 5.74) is 0. The summed E-state index contributed by atoms with van der Waals surface area (Å²) >= 11 is 0. The Morgan fingerprint density at radius 1 is 1.73 bits per heavy atom. The number of methoxy groups -OCH3 is 1. The molecule has 0 bridgehead atoms. The van der Waals surface area contributed by atoms with E-state index in [-0.39, 0.29) is 18.1 Å². The summed E-state index contributed by atoms with van der Waals surface area (Å²) in [5.74, 6) is -0.260. The molecule has 64 valence electrons. The molecule has 1 aliphatic heterocycles. The Kier molecular flexibility index (Phi) is 2.46. The van der Waals surface area contributed by atoms with Crippen LogP contribution in [-0.4, -0.2) is 48.8 Å². The quantitative estimate of drug-likeness (QED) is 0.510. The number of esters is 1. The third-order valence-electron chi connectivity index (χ3n) is 2.00. The summed E-state index contributed by atoms with van der Waals surface area (Å²) in [5, 5.41) is 9.16. The Morgan fingerprint density at radius 3 is 2.73 bits per heavy atom. The van der Waals surface area contributed by atoms with Gasteiger partial charge in [-0.1, -0.05) is 0 Å². The average Bonchev–Trinajstić information content (AvgIpc) is 2.28. The van der Waals surface area contributed by atoms with Gasteiger partial charge in [0.25, 0.3) is 0 Å². The molecule has 1 unspecified atom stereocenters. The third kappa shape index (κ3) is 1.70. The number of aliphatic hydroxyl groups is 1. The molecule has 0 amide bonds. The summed E-state index contributed by atoms with van der Waals surface area (Å²) in [6.07, 6.45) is 0.104. The third-order valence-corrected chi connectivity index (χ3v) is 2.00. The summed E-state index contributed by atoms with van der Waals surface area (Å²) < 4.78 is 4.56. The minimum Gasteiger partial charge on any atom is -0.468 e. The molecule has 1 aliphatic rings. The molecule has 0 aromatic heterocycles. The molecule has 1 fully saturated rings. The number of hydrogen-bond acceptors (Lipinski definition) is 4. The SMILES string of the molecule is COC(=O)[C@@H]1CC(O)CN1C. The zero-order chi connectivity index (χ0) is 8.43. The van der Waals surface area contributed by atoms with Crippen LogP contribution in [0.3, 0.4) is 0 Å². The monoisotopic (exact) mass is 159 g/mol. The smallest absolute Gasteiger partial charge is 0.323 e. The molecule has 4 nitrogen and oxygen atoms in total. The molecule has 0 spiro atoms. The second kappa shape index (κ2) is 3.19. The van der Waals surface area contributed by atoms with Crippen LogP contribution in [0.1, 0.15) is 6.42 Å². The molecule has 4 heteroatoms. The van der Waals surface area contributed by atoms with Crippen molar-refractivity contribution in [2.24, 2.45) is 0 Å². The lowest BCUT2D eigenvalue weighted by Gasteiger charge is -2.15. The number of nitrogens with zero attached hydrogens (tertiary/aromatic N) is 1. The van der Waals surface area contributed by atoms with Crippen LogP contribution < -0.4 is 0 Å². The van der Waals surface area contributed by atoms with Gasteiger partial charge < -0.3 is 9.84 Å². The van der Waals surface area contributed by atoms with Crippen molar-refractivity contribution in [2.75, 3.05) is 20.7 Å². The first-order chi connectivity index (χ1) is 5.15. The topological polar surface area (TPSA) is 49.8 Å². The van der Waals surface area contributed by atoms with Crippen LogP contribution in [-0.2, 0) is 9.53 Å². The molecular weight excluding hydrogens is 146 g/mol. The normalized spacial score (nSPS) is 32.3. The number of rotatable bonds is 1. The second-order valence-corrected chi connectivity index (χ2v) is 2.87. The number of likely N-dealkylation sites (tertiary alicyclic amines) is 1. The maximum atomic E-state index is 11.0. The number of carbonyl (C=O) groups excluding carboxylic acids is 1. The summed E-state index contributed by atoms with van der Waals surface area (Å²) in [4.78, 5) is 12.8. The molecule has 0 saturated carbocycles. The highest BCUT2D eigenvalue weighted by molar-refractivity contribution is 5.76. The van der Waals surface area contributed by atoms with Gasteiger partial charge in [-0.3, -0.25) is 9.69 Å². The lowest BCUT2D eigenvalue weighted by molar-refractivity contribution is -0.145. The van der Waals surface area contributed by atoms with Gasteiger partial charge in [0.1, 0.15) is 6.04 Å². The molecule has 0 aromatic carbocycles. The number of likely N-dealkylation sites (N-methyl/N-ethyl adjacent to an activating group) is 1. The first-order valence-corrected chi connectivity index (χ1v) is 3.61. The minimum absolute atomic E-state index is 0.255. The highest BCUT2D eigenvalue weighted by atomic mass is 16.5. The largest absolute Gasteiger partial charge is 0.468 e. The van der Waals surface area contributed by atoms with E-state index in [0.717, 1.165) is 0 Å². The van der Waals surface area contributed by atoms with Crippen LogP contribution in [0.5, 0.6) is 0 Å². The van der Waals surface area contributed by atoms with Crippen molar-refractivity contribution >= 4 is 5.97 Å². The fourth-order valence-corrected chi connectivity index (χ4v) is 1.38. The molecular formula is C7H13NO3. The Morgan fingerprint density at radius 2 is 2.36 bits per heavy atom. The molecule has 0 aliphatic carbocycles. The van der Waals surface area contributed by atoms with E-state index in [9.17, 15) is 4.79 Å². The van der Waals surface area contributed by atoms with Crippen molar-refractivity contribution in [2.45, 2.75) is 18.6 Å². The van der Waals surface area contributed by atoms with Gasteiger partial charge in [0.15, 0.2) is 0 Å². The Balaban J connectivity index is 2.52. The first kappa shape index (κ1) is 8.49. The van der Waals surface area contributed by atoms with Crippen LogP contribution in [0.4, 0.5) is 0 Å². The summed E-state index contributed by atoms with van der Waals surface area (Å²) in [6.45, 7) is 0.555. The number of aliphatic hydroxyl groups excluding tert-OH is 1. The first-order valence-electron chi connectivity index (χ1n) is 3.61. The van der Waals surface area contributed by atoms with Gasteiger partial charge in [-0.05, 0) is 7.05 Å². The zero-order valence-electron chi connectivity index (χ0n) is 6.78. The minimum atomic E-state index is -0.385. The van der Waals surface area contributed by atoms with Crippen LogP contribution in [0.25, 0.3) is 0 Å². The molecule has 1 rings (SSSR count). The maximum absolute atomic E-state index is 11.0. The number of carbonyl (C=O) groups is 1. The average molecular weight is 159 g/mol. The van der Waals surface area contributed by atoms with E-state index in [0.29, 0.717) is 13.0 Å². The Bertz CT molecular complexity index is 160. The predicted octanol–water partition coefficient (Wildman–Crippen LogP) is -0.776. The summed E-state index contributed by atoms with van der Waals surface area (Å²) in [6, 6.07) is -0.255. The lowest BCUT2D eigenvalue weighted by atomic mass is 10.2. The van der Waals surface area contributed by atoms with Crippen molar-refractivity contribution < 1.29 is 14.6 Å². The van der Waals surface area contributed by atoms with Crippen LogP contribution >= 0.6 is 0 Å². The second-order valence-electron chi connectivity index (χ2n) is 2.87. The molecule has 1 N–H and O–H groups in total. The van der Waals surface area contributed by atoms with E-state index >= 15 is 0 Å². The van der Waals surface area contributed by atoms with Crippen LogP contribution in [0, 0.1) is 0 Å². The van der Waals surface area contributed by atoms with Gasteiger partial charge in [-0.25, -0.2) is 0 Å². The van der Waals surface area contributed by atoms with Crippen molar-refractivity contribution in [1.82, 2.24) is 4.90 Å². The van der Waals surface area contributed by atoms with Gasteiger partial charge >= 0.3 is 5.97 Å². The fraction of sp³-hybridized carbons (Fsp3) is 0.857. The maximum Gasteiger partial charge on any atom is 0.323 e. The number of ether oxygens (including phenoxy) is 1. The van der Waals surface area contributed by atoms with Crippen LogP contribution in [0.15, 0.2) is 0 Å². The molecule has 11 heavy (non-hydrogen) atoms. The predicted molar refractivity (Wildman–Crippen MR) is 39.1 cm³/mol. The van der Waals surface area contributed by atoms with Crippen molar-refractivity contribution in [3.8, 4) is 0 Å². The van der Waals surface area contributed by atoms with Crippen LogP contribution in [0.2, 0.25) is 0 Å². The van der Waals surface area contributed by atoms with Gasteiger partial charge in [0.2, 0.25) is 0 Å². The van der Waals surface area contributed by atoms with Crippen molar-refractivity contribution in [1.29, 1.82) is 0 Å². The van der Waals surface area contributed by atoms with Crippen molar-refractivity contribution in [3.63, 3.8) is 0 Å². The Labute approximate surface area is 65.8 Å². The van der Waals surface area contributed by atoms with E-state index in [4.69, 9.17) is 5.11 Å². The standard InChI is InChI=1S/C7H13NO3/c1-8-4-5(9)3-6(8)7(10)11-2/h5-6,9H,3-4H2,1-2H3/t5?,6-/m0/s1. The zero-order valence-corrected chi connectivity index (χ0v) is 6.78. The molecule has 2 atom stereocenters. The lowest BCUT2D eigenvalue weighted by Crippen LogP contribution is -2.33. The van der Waals surface area contributed by atoms with E-state index in [2.05, 4.69) is 4.74 Å². The van der Waals surface area contributed by atoms with Gasteiger partial charge in [-0.15, -0.1) is 0 Å². The van der Waals surface area contributed by atoms with E-state index < -0.39 is 0 Å². The highest BCUT2D eigenvalue weighted by Crippen LogP contribution is 2.16. The van der Waals surface area contributed by atoms with Gasteiger partial charge in [0.05, 0.1) is 13.2 Å². The van der Waals surface area contributed by atoms with Gasteiger partial charge in [-0.2, -0.15) is 0 Å². The molecule has 0 aromatic rings. The van der Waals surface area contributed by atoms with Crippen molar-refractivity contribution in [3.05, 3.63) is 0 Å². The van der Waals surface area contributed by atoms with Gasteiger partial charge in [0, 0.05) is 13.0 Å².